The molecule has 1 atom stereocenters. The number of rotatable bonds is 3. The normalized spacial score (nSPS) is 12.1. The smallest absolute Gasteiger partial charge is 0.141 e. The van der Waals surface area contributed by atoms with Gasteiger partial charge in [-0.05, 0) is 18.7 Å². The zero-order chi connectivity index (χ0) is 9.68. The molecule has 0 aliphatic heterocycles. The van der Waals surface area contributed by atoms with Gasteiger partial charge >= 0.3 is 0 Å². The monoisotopic (exact) mass is 178 g/mol. The van der Waals surface area contributed by atoms with Crippen molar-refractivity contribution in [2.45, 2.75) is 13.0 Å². The minimum Gasteiger partial charge on any atom is -0.299 e. The molecule has 0 saturated carbocycles. The Kier molecular flexibility index (Phi) is 3.41. The first kappa shape index (κ1) is 9.69. The Morgan fingerprint density at radius 3 is 2.92 bits per heavy atom. The van der Waals surface area contributed by atoms with Gasteiger partial charge in [-0.3, -0.25) is 10.3 Å². The van der Waals surface area contributed by atoms with Crippen LogP contribution in [0.4, 0.5) is 4.39 Å². The minimum atomic E-state index is -0.351. The molecule has 0 saturated heterocycles. The van der Waals surface area contributed by atoms with Gasteiger partial charge in [-0.1, -0.05) is 12.8 Å². The van der Waals surface area contributed by atoms with Crippen molar-refractivity contribution in [1.29, 1.82) is 0 Å². The van der Waals surface area contributed by atoms with E-state index in [9.17, 15) is 4.39 Å². The van der Waals surface area contributed by atoms with Crippen molar-refractivity contribution >= 4 is 0 Å². The van der Waals surface area contributed by atoms with Crippen molar-refractivity contribution in [3.8, 4) is 12.3 Å². The van der Waals surface area contributed by atoms with Crippen LogP contribution in [-0.2, 0) is 0 Å². The number of nitrogens with zero attached hydrogens (tertiary/aromatic N) is 1. The zero-order valence-corrected chi connectivity index (χ0v) is 7.42. The van der Waals surface area contributed by atoms with Crippen LogP contribution in [0.15, 0.2) is 18.3 Å². The van der Waals surface area contributed by atoms with Crippen LogP contribution in [-0.4, -0.2) is 11.5 Å². The van der Waals surface area contributed by atoms with Gasteiger partial charge in [0.05, 0.1) is 11.9 Å². The Hall–Kier alpha value is -1.40. The molecule has 0 radical (unpaired) electrons. The lowest BCUT2D eigenvalue weighted by Gasteiger charge is -2.09. The molecule has 0 bridgehead atoms. The highest BCUT2D eigenvalue weighted by atomic mass is 19.1. The first-order valence-electron chi connectivity index (χ1n) is 4.09. The van der Waals surface area contributed by atoms with Gasteiger partial charge in [-0.2, -0.15) is 0 Å². The molecule has 0 aliphatic carbocycles. The molecule has 0 spiro atoms. The summed E-state index contributed by atoms with van der Waals surface area (Å²) in [6.45, 7) is 2.71. The molecule has 13 heavy (non-hydrogen) atoms. The summed E-state index contributed by atoms with van der Waals surface area (Å²) in [5, 5.41) is 3.05. The number of aromatic nitrogens is 1. The number of nitrogens with one attached hydrogen (secondary N) is 1. The predicted octanol–water partition coefficient (Wildman–Crippen LogP) is 1.50. The van der Waals surface area contributed by atoms with E-state index < -0.39 is 0 Å². The highest BCUT2D eigenvalue weighted by molar-refractivity contribution is 5.18. The molecule has 1 N–H and O–H groups in total. The fourth-order valence-corrected chi connectivity index (χ4v) is 1.01. The maximum absolute atomic E-state index is 12.5. The summed E-state index contributed by atoms with van der Waals surface area (Å²) >= 11 is 0. The van der Waals surface area contributed by atoms with Crippen molar-refractivity contribution in [3.05, 3.63) is 29.8 Å². The maximum Gasteiger partial charge on any atom is 0.141 e. The van der Waals surface area contributed by atoms with Gasteiger partial charge in [0, 0.05) is 0 Å². The quantitative estimate of drug-likeness (QED) is 0.709. The Morgan fingerprint density at radius 1 is 1.69 bits per heavy atom. The third-order valence-electron chi connectivity index (χ3n) is 1.62. The fourth-order valence-electron chi connectivity index (χ4n) is 1.01. The maximum atomic E-state index is 12.5. The van der Waals surface area contributed by atoms with Crippen molar-refractivity contribution in [1.82, 2.24) is 10.3 Å². The van der Waals surface area contributed by atoms with Crippen LogP contribution >= 0.6 is 0 Å². The molecule has 1 heterocycles. The van der Waals surface area contributed by atoms with Gasteiger partial charge in [-0.15, -0.1) is 6.42 Å². The van der Waals surface area contributed by atoms with Crippen molar-refractivity contribution < 1.29 is 4.39 Å². The Morgan fingerprint density at radius 2 is 2.46 bits per heavy atom. The lowest BCUT2D eigenvalue weighted by molar-refractivity contribution is 0.607. The molecule has 0 aliphatic rings. The second kappa shape index (κ2) is 4.58. The van der Waals surface area contributed by atoms with Gasteiger partial charge in [0.2, 0.25) is 0 Å². The second-order valence-electron chi connectivity index (χ2n) is 2.56. The average Bonchev–Trinajstić information content (AvgIpc) is 2.16. The Labute approximate surface area is 77.2 Å². The number of halogens is 1. The SMILES string of the molecule is C#CC(NCC)c1ccc(F)cn1. The molecule has 0 fully saturated rings. The van der Waals surface area contributed by atoms with Crippen molar-refractivity contribution in [2.24, 2.45) is 0 Å². The van der Waals surface area contributed by atoms with Crippen molar-refractivity contribution in [3.63, 3.8) is 0 Å². The molecule has 1 unspecified atom stereocenters. The molecule has 1 rings (SSSR count). The van der Waals surface area contributed by atoms with Gasteiger partial charge < -0.3 is 0 Å². The lowest BCUT2D eigenvalue weighted by atomic mass is 10.2. The first-order chi connectivity index (χ1) is 6.27. The van der Waals surface area contributed by atoms with Crippen LogP contribution in [0.2, 0.25) is 0 Å². The Bertz CT molecular complexity index is 300. The van der Waals surface area contributed by atoms with E-state index in [4.69, 9.17) is 6.42 Å². The van der Waals surface area contributed by atoms with Crippen LogP contribution in [0.3, 0.4) is 0 Å². The predicted molar refractivity (Wildman–Crippen MR) is 49.4 cm³/mol. The van der Waals surface area contributed by atoms with Gasteiger partial charge in [-0.25, -0.2) is 4.39 Å². The lowest BCUT2D eigenvalue weighted by Crippen LogP contribution is -2.20. The average molecular weight is 178 g/mol. The third kappa shape index (κ3) is 2.53. The molecule has 1 aromatic rings. The number of hydrogen-bond donors (Lipinski definition) is 1. The highest BCUT2D eigenvalue weighted by Gasteiger charge is 2.06. The zero-order valence-electron chi connectivity index (χ0n) is 7.42. The van der Waals surface area contributed by atoms with Gasteiger partial charge in [0.1, 0.15) is 11.9 Å². The molecule has 1 aromatic heterocycles. The highest BCUT2D eigenvalue weighted by Crippen LogP contribution is 2.08. The van der Waals surface area contributed by atoms with E-state index in [0.29, 0.717) is 5.69 Å². The molecule has 0 aromatic carbocycles. The molecular formula is C10H11FN2. The topological polar surface area (TPSA) is 24.9 Å². The first-order valence-corrected chi connectivity index (χ1v) is 4.09. The summed E-state index contributed by atoms with van der Waals surface area (Å²) < 4.78 is 12.5. The van der Waals surface area contributed by atoms with Crippen molar-refractivity contribution in [2.75, 3.05) is 6.54 Å². The second-order valence-corrected chi connectivity index (χ2v) is 2.56. The fraction of sp³-hybridized carbons (Fsp3) is 0.300. The van der Waals surface area contributed by atoms with E-state index in [0.717, 1.165) is 12.7 Å². The largest absolute Gasteiger partial charge is 0.299 e. The van der Waals surface area contributed by atoms with Crippen LogP contribution < -0.4 is 5.32 Å². The number of terminal acetylenes is 1. The summed E-state index contributed by atoms with van der Waals surface area (Å²) in [6.07, 6.45) is 6.45. The van der Waals surface area contributed by atoms with E-state index in [2.05, 4.69) is 16.2 Å². The van der Waals surface area contributed by atoms with E-state index in [1.54, 1.807) is 6.07 Å². The van der Waals surface area contributed by atoms with Crippen LogP contribution in [0.5, 0.6) is 0 Å². The molecule has 68 valence electrons. The number of pyridine rings is 1. The van der Waals surface area contributed by atoms with Crippen LogP contribution in [0.1, 0.15) is 18.7 Å². The van der Waals surface area contributed by atoms with E-state index in [1.807, 2.05) is 6.92 Å². The molecule has 3 heteroatoms. The van der Waals surface area contributed by atoms with Gasteiger partial charge in [0.25, 0.3) is 0 Å². The molecule has 0 amide bonds. The molecule has 2 nitrogen and oxygen atoms in total. The third-order valence-corrected chi connectivity index (χ3v) is 1.62. The van der Waals surface area contributed by atoms with E-state index in [1.165, 1.54) is 6.07 Å². The summed E-state index contributed by atoms with van der Waals surface area (Å²) in [6, 6.07) is 2.71. The van der Waals surface area contributed by atoms with Crippen LogP contribution in [0.25, 0.3) is 0 Å². The summed E-state index contributed by atoms with van der Waals surface area (Å²) in [4.78, 5) is 3.89. The summed E-state index contributed by atoms with van der Waals surface area (Å²) in [5.41, 5.74) is 0.672. The minimum absolute atomic E-state index is 0.231. The summed E-state index contributed by atoms with van der Waals surface area (Å²) in [7, 11) is 0. The number of hydrogen-bond acceptors (Lipinski definition) is 2. The van der Waals surface area contributed by atoms with Gasteiger partial charge in [0.15, 0.2) is 0 Å². The summed E-state index contributed by atoms with van der Waals surface area (Å²) in [5.74, 6) is 2.19. The standard InChI is InChI=1S/C10H11FN2/c1-3-9(12-4-2)10-6-5-8(11)7-13-10/h1,5-7,9,12H,4H2,2H3. The van der Waals surface area contributed by atoms with E-state index >= 15 is 0 Å². The molecular weight excluding hydrogens is 167 g/mol. The van der Waals surface area contributed by atoms with E-state index in [-0.39, 0.29) is 11.9 Å². The Balaban J connectivity index is 2.81. The van der Waals surface area contributed by atoms with Crippen LogP contribution in [0, 0.1) is 18.2 Å².